The Morgan fingerprint density at radius 3 is 2.41 bits per heavy atom. The van der Waals surface area contributed by atoms with E-state index in [4.69, 9.17) is 9.47 Å². The summed E-state index contributed by atoms with van der Waals surface area (Å²) in [6.07, 6.45) is 0. The number of anilines is 2. The number of carbonyl (C=O) groups excluding carboxylic acids is 1. The summed E-state index contributed by atoms with van der Waals surface area (Å²) in [6.45, 7) is 2.51. The van der Waals surface area contributed by atoms with E-state index in [1.807, 2.05) is 73.7 Å². The van der Waals surface area contributed by atoms with Gasteiger partial charge in [-0.15, -0.1) is 0 Å². The monoisotopic (exact) mass is 454 g/mol. The lowest BCUT2D eigenvalue weighted by Gasteiger charge is -2.15. The summed E-state index contributed by atoms with van der Waals surface area (Å²) in [6, 6.07) is 21.4. The third kappa shape index (κ3) is 5.99. The zero-order valence-electron chi connectivity index (χ0n) is 16.4. The van der Waals surface area contributed by atoms with E-state index >= 15 is 0 Å². The second-order valence-electron chi connectivity index (χ2n) is 6.53. The molecule has 29 heavy (non-hydrogen) atoms. The van der Waals surface area contributed by atoms with E-state index in [2.05, 4.69) is 26.6 Å². The van der Waals surface area contributed by atoms with Crippen LogP contribution in [0.3, 0.4) is 0 Å². The summed E-state index contributed by atoms with van der Waals surface area (Å²) in [5, 5.41) is 6.18. The Labute approximate surface area is 179 Å². The van der Waals surface area contributed by atoms with Crippen molar-refractivity contribution < 1.29 is 14.3 Å². The average Bonchev–Trinajstić information content (AvgIpc) is 2.73. The number of rotatable bonds is 8. The van der Waals surface area contributed by atoms with E-state index in [1.54, 1.807) is 7.11 Å². The predicted molar refractivity (Wildman–Crippen MR) is 120 cm³/mol. The molecule has 0 aliphatic rings. The molecule has 3 aromatic carbocycles. The van der Waals surface area contributed by atoms with Crippen LogP contribution in [0.1, 0.15) is 11.1 Å². The zero-order chi connectivity index (χ0) is 20.6. The van der Waals surface area contributed by atoms with Crippen molar-refractivity contribution in [1.29, 1.82) is 0 Å². The maximum atomic E-state index is 12.2. The minimum absolute atomic E-state index is 0.121. The van der Waals surface area contributed by atoms with Gasteiger partial charge in [0.15, 0.2) is 18.1 Å². The van der Waals surface area contributed by atoms with Crippen molar-refractivity contribution in [1.82, 2.24) is 0 Å². The number of para-hydroxylation sites is 1. The first-order chi connectivity index (χ1) is 14.0. The van der Waals surface area contributed by atoms with E-state index in [0.29, 0.717) is 18.0 Å². The van der Waals surface area contributed by atoms with Crippen LogP contribution in [-0.2, 0) is 11.3 Å². The lowest BCUT2D eigenvalue weighted by atomic mass is 10.2. The van der Waals surface area contributed by atoms with Gasteiger partial charge in [-0.05, 0) is 64.8 Å². The van der Waals surface area contributed by atoms with E-state index in [-0.39, 0.29) is 12.5 Å². The molecule has 0 fully saturated rings. The fraction of sp³-hybridized carbons (Fsp3) is 0.174. The third-order valence-corrected chi connectivity index (χ3v) is 4.83. The van der Waals surface area contributed by atoms with Gasteiger partial charge in [0.1, 0.15) is 0 Å². The number of benzene rings is 3. The van der Waals surface area contributed by atoms with Gasteiger partial charge in [-0.25, -0.2) is 0 Å². The van der Waals surface area contributed by atoms with Gasteiger partial charge in [-0.3, -0.25) is 4.79 Å². The minimum atomic E-state index is -0.238. The second-order valence-corrected chi connectivity index (χ2v) is 7.39. The van der Waals surface area contributed by atoms with Crippen molar-refractivity contribution in [3.05, 3.63) is 82.3 Å². The molecular formula is C23H23BrN2O3. The summed E-state index contributed by atoms with van der Waals surface area (Å²) in [4.78, 5) is 12.2. The Hall–Kier alpha value is -2.99. The highest BCUT2D eigenvalue weighted by Crippen LogP contribution is 2.37. The van der Waals surface area contributed by atoms with Crippen molar-refractivity contribution in [3.8, 4) is 11.5 Å². The Morgan fingerprint density at radius 1 is 1.00 bits per heavy atom. The molecule has 0 unspecified atom stereocenters. The van der Waals surface area contributed by atoms with Crippen molar-refractivity contribution in [2.45, 2.75) is 13.5 Å². The lowest BCUT2D eigenvalue weighted by Crippen LogP contribution is -2.20. The number of carbonyl (C=O) groups is 1. The van der Waals surface area contributed by atoms with Crippen molar-refractivity contribution >= 4 is 33.2 Å². The van der Waals surface area contributed by atoms with Crippen LogP contribution in [0.15, 0.2) is 71.2 Å². The molecule has 3 aromatic rings. The fourth-order valence-electron chi connectivity index (χ4n) is 2.75. The molecule has 1 amide bonds. The van der Waals surface area contributed by atoms with Gasteiger partial charge < -0.3 is 20.1 Å². The quantitative estimate of drug-likeness (QED) is 0.478. The Morgan fingerprint density at radius 2 is 1.72 bits per heavy atom. The standard InChI is InChI=1S/C23H23BrN2O3/c1-16-8-10-19(11-9-16)26-22(27)15-29-23-20(24)12-17(13-21(23)28-2)14-25-18-6-4-3-5-7-18/h3-13,25H,14-15H2,1-2H3,(H,26,27). The van der Waals surface area contributed by atoms with Crippen molar-refractivity contribution in [2.75, 3.05) is 24.4 Å². The van der Waals surface area contributed by atoms with Crippen LogP contribution in [0, 0.1) is 6.92 Å². The number of nitrogens with one attached hydrogen (secondary N) is 2. The molecule has 0 radical (unpaired) electrons. The molecule has 0 bridgehead atoms. The molecule has 0 aliphatic heterocycles. The first kappa shape index (κ1) is 20.7. The first-order valence-electron chi connectivity index (χ1n) is 9.20. The molecule has 2 N–H and O–H groups in total. The lowest BCUT2D eigenvalue weighted by molar-refractivity contribution is -0.118. The Balaban J connectivity index is 1.62. The molecule has 150 valence electrons. The molecular weight excluding hydrogens is 432 g/mol. The highest BCUT2D eigenvalue weighted by atomic mass is 79.9. The number of methoxy groups -OCH3 is 1. The molecule has 0 atom stereocenters. The fourth-order valence-corrected chi connectivity index (χ4v) is 3.35. The van der Waals surface area contributed by atoms with Crippen molar-refractivity contribution in [3.63, 3.8) is 0 Å². The van der Waals surface area contributed by atoms with Gasteiger partial charge in [0.2, 0.25) is 0 Å². The van der Waals surface area contributed by atoms with Gasteiger partial charge in [0.05, 0.1) is 11.6 Å². The van der Waals surface area contributed by atoms with Crippen LogP contribution in [0.5, 0.6) is 11.5 Å². The first-order valence-corrected chi connectivity index (χ1v) is 9.99. The topological polar surface area (TPSA) is 59.6 Å². The minimum Gasteiger partial charge on any atom is -0.493 e. The summed E-state index contributed by atoms with van der Waals surface area (Å²) < 4.78 is 11.9. The van der Waals surface area contributed by atoms with Crippen LogP contribution in [0.25, 0.3) is 0 Å². The SMILES string of the molecule is COc1cc(CNc2ccccc2)cc(Br)c1OCC(=O)Nc1ccc(C)cc1. The predicted octanol–water partition coefficient (Wildman–Crippen LogP) is 5.40. The molecule has 0 saturated carbocycles. The van der Waals surface area contributed by atoms with E-state index in [0.717, 1.165) is 27.0 Å². The number of halogens is 1. The summed E-state index contributed by atoms with van der Waals surface area (Å²) in [5.41, 5.74) is 3.93. The number of hydrogen-bond donors (Lipinski definition) is 2. The van der Waals surface area contributed by atoms with Crippen LogP contribution < -0.4 is 20.1 Å². The summed E-state index contributed by atoms with van der Waals surface area (Å²) in [5.74, 6) is 0.819. The van der Waals surface area contributed by atoms with Crippen molar-refractivity contribution in [2.24, 2.45) is 0 Å². The maximum Gasteiger partial charge on any atom is 0.262 e. The average molecular weight is 455 g/mol. The largest absolute Gasteiger partial charge is 0.493 e. The Kier molecular flexibility index (Phi) is 7.14. The number of aryl methyl sites for hydroxylation is 1. The second kappa shape index (κ2) is 9.98. The van der Waals surface area contributed by atoms with Gasteiger partial charge >= 0.3 is 0 Å². The van der Waals surface area contributed by atoms with Gasteiger partial charge in [-0.2, -0.15) is 0 Å². The molecule has 0 saturated heterocycles. The van der Waals surface area contributed by atoms with E-state index in [1.165, 1.54) is 0 Å². The molecule has 5 nitrogen and oxygen atoms in total. The smallest absolute Gasteiger partial charge is 0.262 e. The number of ether oxygens (including phenoxy) is 2. The number of amides is 1. The molecule has 0 heterocycles. The third-order valence-electron chi connectivity index (χ3n) is 4.24. The van der Waals surface area contributed by atoms with Crippen LogP contribution in [0.4, 0.5) is 11.4 Å². The van der Waals surface area contributed by atoms with Gasteiger partial charge in [-0.1, -0.05) is 35.9 Å². The summed E-state index contributed by atoms with van der Waals surface area (Å²) in [7, 11) is 1.58. The van der Waals surface area contributed by atoms with E-state index in [9.17, 15) is 4.79 Å². The van der Waals surface area contributed by atoms with Crippen LogP contribution >= 0.6 is 15.9 Å². The van der Waals surface area contributed by atoms with Gasteiger partial charge in [0.25, 0.3) is 5.91 Å². The van der Waals surface area contributed by atoms with Gasteiger partial charge in [0, 0.05) is 17.9 Å². The highest BCUT2D eigenvalue weighted by molar-refractivity contribution is 9.10. The summed E-state index contributed by atoms with van der Waals surface area (Å²) >= 11 is 3.53. The molecule has 3 rings (SSSR count). The van der Waals surface area contributed by atoms with Crippen LogP contribution in [0.2, 0.25) is 0 Å². The maximum absolute atomic E-state index is 12.2. The molecule has 6 heteroatoms. The zero-order valence-corrected chi connectivity index (χ0v) is 18.0. The molecule has 0 aliphatic carbocycles. The van der Waals surface area contributed by atoms with E-state index < -0.39 is 0 Å². The normalized spacial score (nSPS) is 10.3. The molecule has 0 aromatic heterocycles. The number of hydrogen-bond acceptors (Lipinski definition) is 4. The van der Waals surface area contributed by atoms with Crippen LogP contribution in [-0.4, -0.2) is 19.6 Å². The molecule has 0 spiro atoms. The Bertz CT molecular complexity index is 960. The highest BCUT2D eigenvalue weighted by Gasteiger charge is 2.14.